The Morgan fingerprint density at radius 3 is 2.62 bits per heavy atom. The van der Waals surface area contributed by atoms with Crippen LogP contribution in [0.1, 0.15) is 25.1 Å². The molecule has 0 saturated carbocycles. The van der Waals surface area contributed by atoms with Gasteiger partial charge in [-0.2, -0.15) is 0 Å². The lowest BCUT2D eigenvalue weighted by Crippen LogP contribution is -2.19. The van der Waals surface area contributed by atoms with E-state index in [1.54, 1.807) is 12.1 Å². The van der Waals surface area contributed by atoms with Crippen LogP contribution in [-0.4, -0.2) is 9.94 Å². The molecular weight excluding hydrogens is 166 g/mol. The molecule has 3 nitrogen and oxygen atoms in total. The van der Waals surface area contributed by atoms with Crippen molar-refractivity contribution in [3.8, 4) is 0 Å². The second kappa shape index (κ2) is 3.47. The van der Waals surface area contributed by atoms with Gasteiger partial charge in [0.15, 0.2) is 0 Å². The molecule has 0 amide bonds. The number of rotatable bonds is 1. The van der Waals surface area contributed by atoms with E-state index in [0.29, 0.717) is 10.4 Å². The van der Waals surface area contributed by atoms with Crippen LogP contribution < -0.4 is 5.56 Å². The Balaban J connectivity index is 3.37. The van der Waals surface area contributed by atoms with Crippen molar-refractivity contribution in [1.29, 1.82) is 0 Å². The van der Waals surface area contributed by atoms with Crippen LogP contribution in [0.25, 0.3) is 6.08 Å². The van der Waals surface area contributed by atoms with Gasteiger partial charge in [0.25, 0.3) is 5.56 Å². The molecule has 13 heavy (non-hydrogen) atoms. The lowest BCUT2D eigenvalue weighted by atomic mass is 10.2. The van der Waals surface area contributed by atoms with Gasteiger partial charge in [-0.15, -0.1) is 4.73 Å². The number of aryl methyl sites for hydroxylation is 1. The third-order valence-corrected chi connectivity index (χ3v) is 1.62. The molecule has 70 valence electrons. The molecule has 1 rings (SSSR count). The van der Waals surface area contributed by atoms with Gasteiger partial charge in [-0.3, -0.25) is 4.79 Å². The van der Waals surface area contributed by atoms with Gasteiger partial charge in [0, 0.05) is 6.07 Å². The SMILES string of the molecule is CC(C)=Cc1cc(C)cc(=O)n1O. The zero-order chi connectivity index (χ0) is 10.0. The summed E-state index contributed by atoms with van der Waals surface area (Å²) in [5.41, 5.74) is 2.01. The van der Waals surface area contributed by atoms with E-state index in [0.717, 1.165) is 11.1 Å². The van der Waals surface area contributed by atoms with Crippen molar-refractivity contribution >= 4 is 6.08 Å². The van der Waals surface area contributed by atoms with E-state index in [2.05, 4.69) is 0 Å². The van der Waals surface area contributed by atoms with Crippen molar-refractivity contribution in [2.45, 2.75) is 20.8 Å². The summed E-state index contributed by atoms with van der Waals surface area (Å²) in [6.45, 7) is 5.64. The number of pyridine rings is 1. The molecule has 0 atom stereocenters. The van der Waals surface area contributed by atoms with Gasteiger partial charge >= 0.3 is 0 Å². The van der Waals surface area contributed by atoms with Crippen LogP contribution in [0, 0.1) is 6.92 Å². The second-order valence-electron chi connectivity index (χ2n) is 3.33. The van der Waals surface area contributed by atoms with E-state index in [4.69, 9.17) is 0 Å². The Labute approximate surface area is 76.9 Å². The average molecular weight is 179 g/mol. The predicted octanol–water partition coefficient (Wildman–Crippen LogP) is 1.82. The van der Waals surface area contributed by atoms with E-state index in [9.17, 15) is 10.0 Å². The minimum atomic E-state index is -0.396. The monoisotopic (exact) mass is 179 g/mol. The molecule has 0 aromatic carbocycles. The summed E-state index contributed by atoms with van der Waals surface area (Å²) in [6, 6.07) is 3.15. The fourth-order valence-corrected chi connectivity index (χ4v) is 1.12. The van der Waals surface area contributed by atoms with Crippen LogP contribution in [0.3, 0.4) is 0 Å². The summed E-state index contributed by atoms with van der Waals surface area (Å²) in [5, 5.41) is 9.33. The summed E-state index contributed by atoms with van der Waals surface area (Å²) in [6.07, 6.45) is 1.76. The topological polar surface area (TPSA) is 42.2 Å². The van der Waals surface area contributed by atoms with E-state index >= 15 is 0 Å². The number of hydrogen-bond acceptors (Lipinski definition) is 2. The Morgan fingerprint density at radius 1 is 1.46 bits per heavy atom. The summed E-state index contributed by atoms with van der Waals surface area (Å²) in [4.78, 5) is 11.1. The normalized spacial score (nSPS) is 9.77. The fourth-order valence-electron chi connectivity index (χ4n) is 1.12. The lowest BCUT2D eigenvalue weighted by molar-refractivity contribution is 0.172. The number of aromatic nitrogens is 1. The fraction of sp³-hybridized carbons (Fsp3) is 0.300. The van der Waals surface area contributed by atoms with Crippen molar-refractivity contribution < 1.29 is 5.21 Å². The smallest absolute Gasteiger partial charge is 0.283 e. The van der Waals surface area contributed by atoms with Crippen LogP contribution in [0.2, 0.25) is 0 Å². The Hall–Kier alpha value is -1.51. The lowest BCUT2D eigenvalue weighted by Gasteiger charge is -2.03. The Morgan fingerprint density at radius 2 is 2.08 bits per heavy atom. The van der Waals surface area contributed by atoms with E-state index in [-0.39, 0.29) is 0 Å². The minimum absolute atomic E-state index is 0.396. The molecule has 0 aliphatic carbocycles. The maximum absolute atomic E-state index is 11.1. The molecule has 1 aromatic rings. The number of nitrogens with zero attached hydrogens (tertiary/aromatic N) is 1. The Bertz CT molecular complexity index is 398. The summed E-state index contributed by atoms with van der Waals surface area (Å²) in [7, 11) is 0. The zero-order valence-corrected chi connectivity index (χ0v) is 8.03. The zero-order valence-electron chi connectivity index (χ0n) is 8.03. The van der Waals surface area contributed by atoms with E-state index in [1.165, 1.54) is 6.07 Å². The van der Waals surface area contributed by atoms with Crippen LogP contribution in [0.5, 0.6) is 0 Å². The molecule has 0 aliphatic heterocycles. The molecule has 1 aromatic heterocycles. The van der Waals surface area contributed by atoms with Gasteiger partial charge in [0.05, 0.1) is 5.69 Å². The van der Waals surface area contributed by atoms with E-state index in [1.807, 2.05) is 20.8 Å². The molecule has 1 N–H and O–H groups in total. The molecule has 0 spiro atoms. The van der Waals surface area contributed by atoms with Crippen molar-refractivity contribution in [3.63, 3.8) is 0 Å². The first-order valence-corrected chi connectivity index (χ1v) is 4.08. The summed E-state index contributed by atoms with van der Waals surface area (Å²) >= 11 is 0. The highest BCUT2D eigenvalue weighted by Crippen LogP contribution is 2.05. The maximum atomic E-state index is 11.1. The van der Waals surface area contributed by atoms with Crippen LogP contribution >= 0.6 is 0 Å². The quantitative estimate of drug-likeness (QED) is 0.668. The van der Waals surface area contributed by atoms with Gasteiger partial charge in [-0.25, -0.2) is 0 Å². The highest BCUT2D eigenvalue weighted by molar-refractivity contribution is 5.48. The first-order valence-electron chi connectivity index (χ1n) is 4.08. The molecule has 0 bridgehead atoms. The van der Waals surface area contributed by atoms with Gasteiger partial charge < -0.3 is 5.21 Å². The minimum Gasteiger partial charge on any atom is -0.425 e. The van der Waals surface area contributed by atoms with Gasteiger partial charge in [-0.05, 0) is 38.5 Å². The first-order chi connectivity index (χ1) is 6.00. The van der Waals surface area contributed by atoms with Crippen molar-refractivity contribution in [2.75, 3.05) is 0 Å². The Kier molecular flexibility index (Phi) is 2.56. The summed E-state index contributed by atoms with van der Waals surface area (Å²) in [5.74, 6) is 0. The molecule has 0 aliphatic rings. The van der Waals surface area contributed by atoms with Crippen LogP contribution in [0.15, 0.2) is 22.5 Å². The molecule has 0 fully saturated rings. The van der Waals surface area contributed by atoms with Gasteiger partial charge in [0.1, 0.15) is 0 Å². The third-order valence-electron chi connectivity index (χ3n) is 1.62. The molecule has 3 heteroatoms. The van der Waals surface area contributed by atoms with Crippen molar-refractivity contribution in [1.82, 2.24) is 4.73 Å². The van der Waals surface area contributed by atoms with Crippen molar-refractivity contribution in [3.05, 3.63) is 39.3 Å². The molecule has 0 saturated heterocycles. The maximum Gasteiger partial charge on any atom is 0.283 e. The summed E-state index contributed by atoms with van der Waals surface area (Å²) < 4.78 is 0.653. The highest BCUT2D eigenvalue weighted by Gasteiger charge is 2.00. The third kappa shape index (κ3) is 2.21. The number of allylic oxidation sites excluding steroid dienone is 1. The van der Waals surface area contributed by atoms with Gasteiger partial charge in [0.2, 0.25) is 0 Å². The van der Waals surface area contributed by atoms with Crippen LogP contribution in [0.4, 0.5) is 0 Å². The molecule has 0 unspecified atom stereocenters. The number of hydrogen-bond donors (Lipinski definition) is 1. The standard InChI is InChI=1S/C10H13NO2/c1-7(2)4-9-5-8(3)6-10(12)11(9)13/h4-6,13H,1-3H3. The highest BCUT2D eigenvalue weighted by atomic mass is 16.5. The molecule has 0 radical (unpaired) electrons. The largest absolute Gasteiger partial charge is 0.425 e. The first kappa shape index (κ1) is 9.58. The predicted molar refractivity (Wildman–Crippen MR) is 51.9 cm³/mol. The second-order valence-corrected chi connectivity index (χ2v) is 3.33. The van der Waals surface area contributed by atoms with Gasteiger partial charge in [-0.1, -0.05) is 5.57 Å². The van der Waals surface area contributed by atoms with Crippen molar-refractivity contribution in [2.24, 2.45) is 0 Å². The van der Waals surface area contributed by atoms with E-state index < -0.39 is 5.56 Å². The molecule has 1 heterocycles. The van der Waals surface area contributed by atoms with Crippen LogP contribution in [-0.2, 0) is 0 Å². The molecular formula is C10H13NO2. The average Bonchev–Trinajstić information content (AvgIpc) is 1.98.